The third kappa shape index (κ3) is 3.23. The molecule has 1 fully saturated rings. The van der Waals surface area contributed by atoms with Crippen LogP contribution in [-0.4, -0.2) is 41.0 Å². The van der Waals surface area contributed by atoms with Crippen molar-refractivity contribution in [3.05, 3.63) is 23.8 Å². The van der Waals surface area contributed by atoms with E-state index in [0.29, 0.717) is 12.0 Å². The highest BCUT2D eigenvalue weighted by Crippen LogP contribution is 2.17. The summed E-state index contributed by atoms with van der Waals surface area (Å²) in [6.07, 6.45) is 4.96. The van der Waals surface area contributed by atoms with Gasteiger partial charge in [-0.25, -0.2) is 0 Å². The Hall–Kier alpha value is -1.00. The molecule has 2 rings (SSSR count). The van der Waals surface area contributed by atoms with Crippen LogP contribution in [-0.2, 0) is 6.54 Å². The van der Waals surface area contributed by atoms with Crippen molar-refractivity contribution in [2.24, 2.45) is 5.92 Å². The lowest BCUT2D eigenvalue weighted by Gasteiger charge is -2.36. The van der Waals surface area contributed by atoms with Gasteiger partial charge in [-0.3, -0.25) is 14.9 Å². The number of nitrogens with zero attached hydrogens (tertiary/aromatic N) is 3. The first-order chi connectivity index (χ1) is 8.19. The number of nitrogens with one attached hydrogen (secondary N) is 1. The third-order valence-electron chi connectivity index (χ3n) is 3.58. The van der Waals surface area contributed by atoms with Crippen molar-refractivity contribution in [1.82, 2.24) is 20.2 Å². The number of aryl methyl sites for hydroxylation is 1. The summed E-state index contributed by atoms with van der Waals surface area (Å²) in [5, 5.41) is 3.39. The van der Waals surface area contributed by atoms with E-state index < -0.39 is 0 Å². The summed E-state index contributed by atoms with van der Waals surface area (Å²) in [5.41, 5.74) is 2.06. The van der Waals surface area contributed by atoms with Crippen molar-refractivity contribution in [1.29, 1.82) is 0 Å². The van der Waals surface area contributed by atoms with Crippen molar-refractivity contribution >= 4 is 0 Å². The maximum Gasteiger partial charge on any atom is 0.0727 e. The van der Waals surface area contributed by atoms with Gasteiger partial charge in [-0.2, -0.15) is 0 Å². The van der Waals surface area contributed by atoms with E-state index in [1.807, 2.05) is 19.3 Å². The summed E-state index contributed by atoms with van der Waals surface area (Å²) in [6.45, 7) is 7.49. The van der Waals surface area contributed by atoms with E-state index in [1.54, 1.807) is 0 Å². The van der Waals surface area contributed by atoms with Crippen LogP contribution >= 0.6 is 0 Å². The average molecular weight is 234 g/mol. The highest BCUT2D eigenvalue weighted by molar-refractivity contribution is 5.01. The number of rotatable bonds is 3. The van der Waals surface area contributed by atoms with Crippen LogP contribution in [0.5, 0.6) is 0 Å². The first-order valence-electron chi connectivity index (χ1n) is 6.36. The molecule has 1 N–H and O–H groups in total. The maximum absolute atomic E-state index is 4.42. The summed E-state index contributed by atoms with van der Waals surface area (Å²) in [7, 11) is 2.06. The van der Waals surface area contributed by atoms with Gasteiger partial charge in [0, 0.05) is 38.1 Å². The molecule has 17 heavy (non-hydrogen) atoms. The van der Waals surface area contributed by atoms with Gasteiger partial charge in [0.2, 0.25) is 0 Å². The fourth-order valence-electron chi connectivity index (χ4n) is 2.53. The third-order valence-corrected chi connectivity index (χ3v) is 3.58. The van der Waals surface area contributed by atoms with Crippen LogP contribution in [0.4, 0.5) is 0 Å². The van der Waals surface area contributed by atoms with Crippen LogP contribution in [0.25, 0.3) is 0 Å². The number of likely N-dealkylation sites (tertiary alicyclic amines) is 1. The number of hydrogen-bond donors (Lipinski definition) is 1. The van der Waals surface area contributed by atoms with E-state index in [0.717, 1.165) is 31.0 Å². The van der Waals surface area contributed by atoms with Gasteiger partial charge >= 0.3 is 0 Å². The molecule has 2 atom stereocenters. The Labute approximate surface area is 103 Å². The Morgan fingerprint density at radius 3 is 2.82 bits per heavy atom. The molecule has 2 unspecified atom stereocenters. The Bertz CT molecular complexity index is 349. The van der Waals surface area contributed by atoms with E-state index in [2.05, 4.69) is 34.2 Å². The average Bonchev–Trinajstić information content (AvgIpc) is 2.32. The topological polar surface area (TPSA) is 41.0 Å². The predicted molar refractivity (Wildman–Crippen MR) is 68.7 cm³/mol. The minimum Gasteiger partial charge on any atom is -0.317 e. The molecule has 4 heteroatoms. The minimum atomic E-state index is 0.662. The molecule has 94 valence electrons. The molecule has 0 radical (unpaired) electrons. The van der Waals surface area contributed by atoms with E-state index >= 15 is 0 Å². The maximum atomic E-state index is 4.42. The zero-order valence-corrected chi connectivity index (χ0v) is 11.0. The molecule has 0 amide bonds. The Balaban J connectivity index is 1.90. The predicted octanol–water partition coefficient (Wildman–Crippen LogP) is 1.21. The van der Waals surface area contributed by atoms with Crippen molar-refractivity contribution in [3.63, 3.8) is 0 Å². The summed E-state index contributed by atoms with van der Waals surface area (Å²) < 4.78 is 0. The number of aromatic nitrogens is 2. The van der Waals surface area contributed by atoms with Crippen LogP contribution in [0.1, 0.15) is 24.7 Å². The monoisotopic (exact) mass is 234 g/mol. The van der Waals surface area contributed by atoms with Gasteiger partial charge in [0.25, 0.3) is 0 Å². The van der Waals surface area contributed by atoms with Gasteiger partial charge < -0.3 is 5.32 Å². The molecule has 2 heterocycles. The van der Waals surface area contributed by atoms with Crippen molar-refractivity contribution < 1.29 is 0 Å². The Kier molecular flexibility index (Phi) is 4.07. The molecule has 1 aromatic rings. The number of piperidine rings is 1. The smallest absolute Gasteiger partial charge is 0.0727 e. The summed E-state index contributed by atoms with van der Waals surface area (Å²) in [5.74, 6) is 0.701. The first kappa shape index (κ1) is 12.5. The van der Waals surface area contributed by atoms with Gasteiger partial charge in [-0.15, -0.1) is 0 Å². The van der Waals surface area contributed by atoms with Crippen molar-refractivity contribution in [3.8, 4) is 0 Å². The molecule has 1 aromatic heterocycles. The van der Waals surface area contributed by atoms with Crippen LogP contribution in [0.2, 0.25) is 0 Å². The van der Waals surface area contributed by atoms with Gasteiger partial charge in [0.15, 0.2) is 0 Å². The van der Waals surface area contributed by atoms with Crippen LogP contribution in [0.3, 0.4) is 0 Å². The van der Waals surface area contributed by atoms with Crippen LogP contribution in [0, 0.1) is 12.8 Å². The van der Waals surface area contributed by atoms with Crippen molar-refractivity contribution in [2.75, 3.05) is 20.1 Å². The molecule has 0 aromatic carbocycles. The highest BCUT2D eigenvalue weighted by Gasteiger charge is 2.24. The normalized spacial score (nSPS) is 26.1. The molecular formula is C13H22N4. The Morgan fingerprint density at radius 1 is 1.41 bits per heavy atom. The molecule has 4 nitrogen and oxygen atoms in total. The zero-order valence-electron chi connectivity index (χ0n) is 11.0. The molecular weight excluding hydrogens is 212 g/mol. The molecule has 0 bridgehead atoms. The quantitative estimate of drug-likeness (QED) is 0.853. The van der Waals surface area contributed by atoms with E-state index in [4.69, 9.17) is 0 Å². The lowest BCUT2D eigenvalue weighted by Crippen LogP contribution is -2.46. The van der Waals surface area contributed by atoms with Gasteiger partial charge in [0.1, 0.15) is 0 Å². The van der Waals surface area contributed by atoms with Crippen molar-refractivity contribution in [2.45, 2.75) is 32.9 Å². The van der Waals surface area contributed by atoms with E-state index in [1.165, 1.54) is 6.42 Å². The van der Waals surface area contributed by atoms with Gasteiger partial charge in [-0.05, 0) is 26.3 Å². The van der Waals surface area contributed by atoms with E-state index in [-0.39, 0.29) is 0 Å². The molecule has 0 aliphatic carbocycles. The lowest BCUT2D eigenvalue weighted by atomic mass is 9.94. The second-order valence-corrected chi connectivity index (χ2v) is 5.05. The van der Waals surface area contributed by atoms with Gasteiger partial charge in [0.05, 0.1) is 11.4 Å². The lowest BCUT2D eigenvalue weighted by molar-refractivity contribution is 0.143. The minimum absolute atomic E-state index is 0.662. The van der Waals surface area contributed by atoms with Crippen LogP contribution in [0.15, 0.2) is 12.4 Å². The first-order valence-corrected chi connectivity index (χ1v) is 6.36. The fourth-order valence-corrected chi connectivity index (χ4v) is 2.53. The Morgan fingerprint density at radius 2 is 2.24 bits per heavy atom. The standard InChI is InChI=1S/C13H22N4/c1-10-8-17(5-4-13(10)14-3)9-12-7-15-11(2)6-16-12/h6-7,10,13-14H,4-5,8-9H2,1-3H3. The second kappa shape index (κ2) is 5.56. The largest absolute Gasteiger partial charge is 0.317 e. The molecule has 0 saturated carbocycles. The molecule has 1 aliphatic rings. The fraction of sp³-hybridized carbons (Fsp3) is 0.692. The highest BCUT2D eigenvalue weighted by atomic mass is 15.2. The molecule has 1 aliphatic heterocycles. The summed E-state index contributed by atoms with van der Waals surface area (Å²) in [6, 6.07) is 0.662. The second-order valence-electron chi connectivity index (χ2n) is 5.05. The van der Waals surface area contributed by atoms with Gasteiger partial charge in [-0.1, -0.05) is 6.92 Å². The number of hydrogen-bond acceptors (Lipinski definition) is 4. The van der Waals surface area contributed by atoms with Crippen LogP contribution < -0.4 is 5.32 Å². The zero-order chi connectivity index (χ0) is 12.3. The summed E-state index contributed by atoms with van der Waals surface area (Å²) >= 11 is 0. The SMILES string of the molecule is CNC1CCN(Cc2cnc(C)cn2)CC1C. The molecule has 0 spiro atoms. The summed E-state index contributed by atoms with van der Waals surface area (Å²) in [4.78, 5) is 11.2. The molecule has 1 saturated heterocycles. The van der Waals surface area contributed by atoms with E-state index in [9.17, 15) is 0 Å².